The standard InChI is InChI=1S/C15H13ClFNO/c1-9-12(3-2-4-14(9)18)15(19)8-10-7-11(16)5-6-13(10)17/h2-7H,8,18H2,1H3. The first-order valence-electron chi connectivity index (χ1n) is 5.81. The van der Waals surface area contributed by atoms with Crippen LogP contribution in [0.3, 0.4) is 0 Å². The average molecular weight is 278 g/mol. The Morgan fingerprint density at radius 2 is 2.05 bits per heavy atom. The summed E-state index contributed by atoms with van der Waals surface area (Å²) in [5, 5.41) is 0.411. The molecule has 0 bridgehead atoms. The Kier molecular flexibility index (Phi) is 3.86. The number of hydrogen-bond donors (Lipinski definition) is 1. The number of carbonyl (C=O) groups is 1. The number of rotatable bonds is 3. The van der Waals surface area contributed by atoms with E-state index in [1.165, 1.54) is 18.2 Å². The van der Waals surface area contributed by atoms with Gasteiger partial charge in [0.2, 0.25) is 0 Å². The molecule has 2 aromatic carbocycles. The molecule has 0 aromatic heterocycles. The van der Waals surface area contributed by atoms with Gasteiger partial charge in [-0.3, -0.25) is 4.79 Å². The summed E-state index contributed by atoms with van der Waals surface area (Å²) >= 11 is 5.80. The number of nitrogen functional groups attached to an aromatic ring is 1. The normalized spacial score (nSPS) is 10.5. The molecule has 2 rings (SSSR count). The molecule has 2 aromatic rings. The van der Waals surface area contributed by atoms with Crippen LogP contribution in [0.2, 0.25) is 5.02 Å². The molecular weight excluding hydrogens is 265 g/mol. The summed E-state index contributed by atoms with van der Waals surface area (Å²) in [6.45, 7) is 1.77. The summed E-state index contributed by atoms with van der Waals surface area (Å²) in [4.78, 5) is 12.2. The second kappa shape index (κ2) is 5.41. The van der Waals surface area contributed by atoms with Crippen LogP contribution in [0.4, 0.5) is 10.1 Å². The zero-order valence-electron chi connectivity index (χ0n) is 10.4. The van der Waals surface area contributed by atoms with Crippen LogP contribution in [0.25, 0.3) is 0 Å². The minimum absolute atomic E-state index is 0.0311. The highest BCUT2D eigenvalue weighted by Crippen LogP contribution is 2.20. The van der Waals surface area contributed by atoms with Gasteiger partial charge in [-0.05, 0) is 42.3 Å². The van der Waals surface area contributed by atoms with Gasteiger partial charge in [-0.1, -0.05) is 23.7 Å². The van der Waals surface area contributed by atoms with Crippen molar-refractivity contribution in [1.82, 2.24) is 0 Å². The third-order valence-electron chi connectivity index (χ3n) is 3.03. The third kappa shape index (κ3) is 2.93. The molecule has 98 valence electrons. The predicted molar refractivity (Wildman–Crippen MR) is 75.0 cm³/mol. The SMILES string of the molecule is Cc1c(N)cccc1C(=O)Cc1cc(Cl)ccc1F. The summed E-state index contributed by atoms with van der Waals surface area (Å²) < 4.78 is 13.6. The molecule has 19 heavy (non-hydrogen) atoms. The van der Waals surface area contributed by atoms with Gasteiger partial charge >= 0.3 is 0 Å². The van der Waals surface area contributed by atoms with Crippen molar-refractivity contribution < 1.29 is 9.18 Å². The van der Waals surface area contributed by atoms with Crippen molar-refractivity contribution in [2.24, 2.45) is 0 Å². The summed E-state index contributed by atoms with van der Waals surface area (Å²) in [5.41, 5.74) is 7.83. The fourth-order valence-corrected chi connectivity index (χ4v) is 2.10. The van der Waals surface area contributed by atoms with E-state index in [4.69, 9.17) is 17.3 Å². The first-order valence-corrected chi connectivity index (χ1v) is 6.19. The Hall–Kier alpha value is -1.87. The van der Waals surface area contributed by atoms with Crippen LogP contribution >= 0.6 is 11.6 Å². The van der Waals surface area contributed by atoms with Gasteiger partial charge < -0.3 is 5.73 Å². The summed E-state index contributed by atoms with van der Waals surface area (Å²) in [5.74, 6) is -0.606. The van der Waals surface area contributed by atoms with Gasteiger partial charge in [-0.15, -0.1) is 0 Å². The van der Waals surface area contributed by atoms with Crippen molar-refractivity contribution in [3.63, 3.8) is 0 Å². The highest BCUT2D eigenvalue weighted by molar-refractivity contribution is 6.30. The van der Waals surface area contributed by atoms with E-state index in [2.05, 4.69) is 0 Å². The maximum atomic E-state index is 13.6. The number of halogens is 2. The van der Waals surface area contributed by atoms with Crippen molar-refractivity contribution in [1.29, 1.82) is 0 Å². The molecule has 4 heteroatoms. The number of hydrogen-bond acceptors (Lipinski definition) is 2. The van der Waals surface area contributed by atoms with Crippen molar-refractivity contribution in [3.05, 3.63) is 63.9 Å². The monoisotopic (exact) mass is 277 g/mol. The van der Waals surface area contributed by atoms with E-state index in [0.29, 0.717) is 21.8 Å². The van der Waals surface area contributed by atoms with Crippen LogP contribution in [0.5, 0.6) is 0 Å². The largest absolute Gasteiger partial charge is 0.398 e. The Morgan fingerprint density at radius 3 is 2.79 bits per heavy atom. The van der Waals surface area contributed by atoms with Gasteiger partial charge in [0.05, 0.1) is 0 Å². The molecule has 0 heterocycles. The quantitative estimate of drug-likeness (QED) is 0.685. The fourth-order valence-electron chi connectivity index (χ4n) is 1.90. The molecule has 0 aliphatic rings. The van der Waals surface area contributed by atoms with Crippen LogP contribution in [-0.2, 0) is 6.42 Å². The average Bonchev–Trinajstić information content (AvgIpc) is 2.37. The lowest BCUT2D eigenvalue weighted by molar-refractivity contribution is 0.0991. The van der Waals surface area contributed by atoms with Crippen molar-refractivity contribution in [2.45, 2.75) is 13.3 Å². The van der Waals surface area contributed by atoms with Gasteiger partial charge in [-0.2, -0.15) is 0 Å². The van der Waals surface area contributed by atoms with Crippen molar-refractivity contribution in [3.8, 4) is 0 Å². The fraction of sp³-hybridized carbons (Fsp3) is 0.133. The van der Waals surface area contributed by atoms with E-state index in [9.17, 15) is 9.18 Å². The molecule has 0 unspecified atom stereocenters. The zero-order valence-corrected chi connectivity index (χ0v) is 11.2. The zero-order chi connectivity index (χ0) is 14.0. The maximum absolute atomic E-state index is 13.6. The topological polar surface area (TPSA) is 43.1 Å². The Morgan fingerprint density at radius 1 is 1.32 bits per heavy atom. The molecule has 0 fully saturated rings. The highest BCUT2D eigenvalue weighted by atomic mass is 35.5. The summed E-state index contributed by atoms with van der Waals surface area (Å²) in [6, 6.07) is 9.32. The number of nitrogens with two attached hydrogens (primary N) is 1. The Bertz CT molecular complexity index is 640. The number of Topliss-reactive ketones (excluding diaryl/α,β-unsaturated/α-hetero) is 1. The van der Waals surface area contributed by atoms with Crippen LogP contribution in [0.1, 0.15) is 21.5 Å². The highest BCUT2D eigenvalue weighted by Gasteiger charge is 2.14. The van der Waals surface area contributed by atoms with E-state index in [-0.39, 0.29) is 12.2 Å². The van der Waals surface area contributed by atoms with Gasteiger partial charge in [-0.25, -0.2) is 4.39 Å². The molecule has 0 amide bonds. The number of ketones is 1. The molecule has 2 N–H and O–H groups in total. The van der Waals surface area contributed by atoms with E-state index < -0.39 is 5.82 Å². The molecule has 0 aliphatic heterocycles. The van der Waals surface area contributed by atoms with E-state index in [1.54, 1.807) is 25.1 Å². The first kappa shape index (κ1) is 13.6. The number of benzene rings is 2. The van der Waals surface area contributed by atoms with E-state index in [0.717, 1.165) is 5.56 Å². The second-order valence-corrected chi connectivity index (χ2v) is 4.79. The third-order valence-corrected chi connectivity index (χ3v) is 3.27. The molecule has 2 nitrogen and oxygen atoms in total. The van der Waals surface area contributed by atoms with Gasteiger partial charge in [0, 0.05) is 22.7 Å². The second-order valence-electron chi connectivity index (χ2n) is 4.36. The number of anilines is 1. The minimum atomic E-state index is -0.431. The van der Waals surface area contributed by atoms with Crippen LogP contribution < -0.4 is 5.73 Å². The van der Waals surface area contributed by atoms with Gasteiger partial charge in [0.25, 0.3) is 0 Å². The smallest absolute Gasteiger partial charge is 0.167 e. The summed E-state index contributed by atoms with van der Waals surface area (Å²) in [7, 11) is 0. The molecule has 0 radical (unpaired) electrons. The predicted octanol–water partition coefficient (Wildman–Crippen LogP) is 3.80. The van der Waals surface area contributed by atoms with Crippen molar-refractivity contribution >= 4 is 23.1 Å². The van der Waals surface area contributed by atoms with Gasteiger partial charge in [0.1, 0.15) is 5.82 Å². The van der Waals surface area contributed by atoms with Crippen LogP contribution in [0.15, 0.2) is 36.4 Å². The number of carbonyl (C=O) groups excluding carboxylic acids is 1. The molecule has 0 saturated carbocycles. The van der Waals surface area contributed by atoms with Gasteiger partial charge in [0.15, 0.2) is 5.78 Å². The molecule has 0 atom stereocenters. The lowest BCUT2D eigenvalue weighted by atomic mass is 9.98. The lowest BCUT2D eigenvalue weighted by Crippen LogP contribution is -2.08. The van der Waals surface area contributed by atoms with Crippen LogP contribution in [-0.4, -0.2) is 5.78 Å². The van der Waals surface area contributed by atoms with E-state index in [1.807, 2.05) is 0 Å². The molecular formula is C15H13ClFNO. The molecule has 0 saturated heterocycles. The lowest BCUT2D eigenvalue weighted by Gasteiger charge is -2.08. The first-order chi connectivity index (χ1) is 8.99. The van der Waals surface area contributed by atoms with Crippen LogP contribution in [0, 0.1) is 12.7 Å². The maximum Gasteiger partial charge on any atom is 0.167 e. The van der Waals surface area contributed by atoms with Crippen molar-refractivity contribution in [2.75, 3.05) is 5.73 Å². The minimum Gasteiger partial charge on any atom is -0.398 e. The Labute approximate surface area is 116 Å². The van der Waals surface area contributed by atoms with E-state index >= 15 is 0 Å². The summed E-state index contributed by atoms with van der Waals surface area (Å²) in [6.07, 6.45) is -0.0311. The Balaban J connectivity index is 2.31. The molecule has 0 spiro atoms. The molecule has 0 aliphatic carbocycles.